The van der Waals surface area contributed by atoms with Gasteiger partial charge in [0.1, 0.15) is 18.2 Å². The average Bonchev–Trinajstić information content (AvgIpc) is 3.14. The van der Waals surface area contributed by atoms with Gasteiger partial charge in [-0.15, -0.1) is 5.10 Å². The van der Waals surface area contributed by atoms with Gasteiger partial charge in [0.2, 0.25) is 0 Å². The first kappa shape index (κ1) is 18.9. The second-order valence-corrected chi connectivity index (χ2v) is 6.85. The highest BCUT2D eigenvalue weighted by Crippen LogP contribution is 2.12. The third-order valence-corrected chi connectivity index (χ3v) is 4.62. The number of carbonyl (C=O) groups excluding carboxylic acids is 2. The van der Waals surface area contributed by atoms with Gasteiger partial charge in [-0.05, 0) is 36.1 Å². The Morgan fingerprint density at radius 3 is 2.67 bits per heavy atom. The molecular formula is C19H20N4O3S. The molecule has 0 radical (unpaired) electrons. The molecule has 1 atom stereocenters. The van der Waals surface area contributed by atoms with Gasteiger partial charge >= 0.3 is 6.09 Å². The molecule has 1 amide bonds. The minimum atomic E-state index is -0.745. The summed E-state index contributed by atoms with van der Waals surface area (Å²) in [6.07, 6.45) is 1.78. The molecule has 27 heavy (non-hydrogen) atoms. The van der Waals surface area contributed by atoms with Crippen molar-refractivity contribution in [3.63, 3.8) is 0 Å². The van der Waals surface area contributed by atoms with E-state index in [1.807, 2.05) is 48.7 Å². The summed E-state index contributed by atoms with van der Waals surface area (Å²) in [6.45, 7) is 0.141. The van der Waals surface area contributed by atoms with Crippen LogP contribution in [0.15, 0.2) is 54.6 Å². The van der Waals surface area contributed by atoms with Gasteiger partial charge in [0.05, 0.1) is 5.52 Å². The Balaban J connectivity index is 1.69. The molecule has 1 N–H and O–H groups in total. The van der Waals surface area contributed by atoms with Crippen molar-refractivity contribution in [3.8, 4) is 0 Å². The fraction of sp³-hybridized carbons (Fsp3) is 0.263. The number of carbonyl (C=O) groups is 2. The van der Waals surface area contributed by atoms with Crippen molar-refractivity contribution in [3.05, 3.63) is 60.2 Å². The number of fused-ring (bicyclic) bond motifs is 1. The molecule has 0 unspecified atom stereocenters. The molecule has 140 valence electrons. The van der Waals surface area contributed by atoms with Crippen molar-refractivity contribution < 1.29 is 14.3 Å². The molecule has 0 aliphatic carbocycles. The molecule has 0 spiro atoms. The van der Waals surface area contributed by atoms with Crippen LogP contribution in [0.1, 0.15) is 16.8 Å². The molecule has 1 heterocycles. The van der Waals surface area contributed by atoms with Crippen LogP contribution in [-0.2, 0) is 11.3 Å². The van der Waals surface area contributed by atoms with Crippen LogP contribution in [0.4, 0.5) is 4.79 Å². The van der Waals surface area contributed by atoms with Crippen LogP contribution in [0.3, 0.4) is 0 Å². The van der Waals surface area contributed by atoms with Crippen LogP contribution in [-0.4, -0.2) is 45.0 Å². The van der Waals surface area contributed by atoms with E-state index in [2.05, 4.69) is 15.6 Å². The molecule has 0 saturated carbocycles. The number of benzene rings is 2. The summed E-state index contributed by atoms with van der Waals surface area (Å²) in [5.74, 6) is 0.372. The number of amides is 1. The lowest BCUT2D eigenvalue weighted by atomic mass is 10.2. The Hall–Kier alpha value is -2.87. The second kappa shape index (κ2) is 9.18. The molecule has 3 rings (SSSR count). The molecule has 0 fully saturated rings. The minimum absolute atomic E-state index is 0.141. The maximum absolute atomic E-state index is 12.9. The standard InChI is InChI=1S/C19H20N4O3S/c1-27-12-11-16(20-19(25)26-13-14-7-3-2-4-8-14)18(24)23-17-10-6-5-9-15(17)21-22-23/h2-10,16H,11-13H2,1H3,(H,20,25)/t16-/m0/s1. The maximum Gasteiger partial charge on any atom is 0.408 e. The molecule has 0 aliphatic rings. The molecule has 3 aromatic rings. The summed E-state index contributed by atoms with van der Waals surface area (Å²) in [4.78, 5) is 25.1. The first-order chi connectivity index (χ1) is 13.2. The van der Waals surface area contributed by atoms with Crippen LogP contribution < -0.4 is 5.32 Å². The number of alkyl carbamates (subject to hydrolysis) is 1. The summed E-state index contributed by atoms with van der Waals surface area (Å²) in [5.41, 5.74) is 2.11. The second-order valence-electron chi connectivity index (χ2n) is 5.87. The van der Waals surface area contributed by atoms with E-state index in [1.54, 1.807) is 23.9 Å². The van der Waals surface area contributed by atoms with Gasteiger partial charge in [0.15, 0.2) is 0 Å². The zero-order valence-corrected chi connectivity index (χ0v) is 15.7. The van der Waals surface area contributed by atoms with E-state index < -0.39 is 12.1 Å². The number of hydrogen-bond acceptors (Lipinski definition) is 6. The summed E-state index contributed by atoms with van der Waals surface area (Å²) in [6, 6.07) is 15.8. The monoisotopic (exact) mass is 384 g/mol. The lowest BCUT2D eigenvalue weighted by Crippen LogP contribution is -2.44. The third kappa shape index (κ3) is 4.85. The SMILES string of the molecule is CSCC[C@H](NC(=O)OCc1ccccc1)C(=O)n1nnc2ccccc21. The molecule has 0 bridgehead atoms. The number of ether oxygens (including phenoxy) is 1. The van der Waals surface area contributed by atoms with Gasteiger partial charge in [0, 0.05) is 0 Å². The van der Waals surface area contributed by atoms with E-state index >= 15 is 0 Å². The number of hydrogen-bond donors (Lipinski definition) is 1. The van der Waals surface area contributed by atoms with Crippen molar-refractivity contribution in [2.24, 2.45) is 0 Å². The van der Waals surface area contributed by atoms with E-state index in [9.17, 15) is 9.59 Å². The Morgan fingerprint density at radius 2 is 1.89 bits per heavy atom. The van der Waals surface area contributed by atoms with Crippen LogP contribution in [0, 0.1) is 0 Å². The fourth-order valence-corrected chi connectivity index (χ4v) is 3.05. The van der Waals surface area contributed by atoms with Crippen LogP contribution in [0.25, 0.3) is 11.0 Å². The predicted octanol–water partition coefficient (Wildman–Crippen LogP) is 3.12. The van der Waals surface area contributed by atoms with E-state index in [0.717, 1.165) is 5.56 Å². The van der Waals surface area contributed by atoms with Gasteiger partial charge in [0.25, 0.3) is 5.91 Å². The third-order valence-electron chi connectivity index (χ3n) is 3.97. The van der Waals surface area contributed by atoms with Crippen molar-refractivity contribution >= 4 is 34.8 Å². The minimum Gasteiger partial charge on any atom is -0.445 e. The van der Waals surface area contributed by atoms with E-state index in [1.165, 1.54) is 4.68 Å². The first-order valence-electron chi connectivity index (χ1n) is 8.50. The van der Waals surface area contributed by atoms with Crippen molar-refractivity contribution in [1.82, 2.24) is 20.3 Å². The highest BCUT2D eigenvalue weighted by molar-refractivity contribution is 7.98. The van der Waals surface area contributed by atoms with E-state index in [4.69, 9.17) is 4.74 Å². The predicted molar refractivity (Wildman–Crippen MR) is 105 cm³/mol. The highest BCUT2D eigenvalue weighted by Gasteiger charge is 2.25. The molecule has 7 nitrogen and oxygen atoms in total. The lowest BCUT2D eigenvalue weighted by molar-refractivity contribution is 0.0822. The van der Waals surface area contributed by atoms with Gasteiger partial charge < -0.3 is 10.1 Å². The lowest BCUT2D eigenvalue weighted by Gasteiger charge is -2.17. The Kier molecular flexibility index (Phi) is 6.43. The zero-order chi connectivity index (χ0) is 19.1. The Bertz CT molecular complexity index is 913. The number of aromatic nitrogens is 3. The quantitative estimate of drug-likeness (QED) is 0.674. The highest BCUT2D eigenvalue weighted by atomic mass is 32.2. The normalized spacial score (nSPS) is 11.9. The Labute approximate surface area is 161 Å². The number of nitrogens with zero attached hydrogens (tertiary/aromatic N) is 3. The van der Waals surface area contributed by atoms with Gasteiger partial charge in [-0.2, -0.15) is 16.4 Å². The first-order valence-corrected chi connectivity index (χ1v) is 9.89. The largest absolute Gasteiger partial charge is 0.445 e. The van der Waals surface area contributed by atoms with Crippen LogP contribution >= 0.6 is 11.8 Å². The van der Waals surface area contributed by atoms with Crippen LogP contribution in [0.2, 0.25) is 0 Å². The molecule has 2 aromatic carbocycles. The number of thioether (sulfide) groups is 1. The molecular weight excluding hydrogens is 364 g/mol. The fourth-order valence-electron chi connectivity index (χ4n) is 2.58. The van der Waals surface area contributed by atoms with E-state index in [-0.39, 0.29) is 12.5 Å². The number of para-hydroxylation sites is 1. The van der Waals surface area contributed by atoms with Crippen molar-refractivity contribution in [2.75, 3.05) is 12.0 Å². The van der Waals surface area contributed by atoms with Crippen molar-refractivity contribution in [1.29, 1.82) is 0 Å². The zero-order valence-electron chi connectivity index (χ0n) is 14.9. The smallest absolute Gasteiger partial charge is 0.408 e. The number of rotatable bonds is 7. The summed E-state index contributed by atoms with van der Waals surface area (Å²) < 4.78 is 6.47. The topological polar surface area (TPSA) is 86.1 Å². The summed E-state index contributed by atoms with van der Waals surface area (Å²) >= 11 is 1.60. The Morgan fingerprint density at radius 1 is 1.15 bits per heavy atom. The van der Waals surface area contributed by atoms with Gasteiger partial charge in [-0.1, -0.05) is 47.7 Å². The maximum atomic E-state index is 12.9. The van der Waals surface area contributed by atoms with Gasteiger partial charge in [-0.25, -0.2) is 4.79 Å². The van der Waals surface area contributed by atoms with Crippen LogP contribution in [0.5, 0.6) is 0 Å². The molecule has 0 aliphatic heterocycles. The van der Waals surface area contributed by atoms with Gasteiger partial charge in [-0.3, -0.25) is 4.79 Å². The summed E-state index contributed by atoms with van der Waals surface area (Å²) in [5, 5.41) is 10.6. The average molecular weight is 384 g/mol. The van der Waals surface area contributed by atoms with Crippen molar-refractivity contribution in [2.45, 2.75) is 19.1 Å². The molecule has 8 heteroatoms. The number of nitrogens with one attached hydrogen (secondary N) is 1. The molecule has 1 aromatic heterocycles. The van der Waals surface area contributed by atoms with E-state index in [0.29, 0.717) is 23.2 Å². The molecule has 0 saturated heterocycles. The summed E-state index contributed by atoms with van der Waals surface area (Å²) in [7, 11) is 0.